The van der Waals surface area contributed by atoms with Gasteiger partial charge in [-0.1, -0.05) is 13.0 Å². The van der Waals surface area contributed by atoms with E-state index in [0.29, 0.717) is 35.0 Å². The number of nitrogens with zero attached hydrogens (tertiary/aromatic N) is 2. The first-order valence-corrected chi connectivity index (χ1v) is 6.32. The lowest BCUT2D eigenvalue weighted by Crippen LogP contribution is -2.10. The highest BCUT2D eigenvalue weighted by Gasteiger charge is 2.09. The number of nitrogens with one attached hydrogen (secondary N) is 1. The Morgan fingerprint density at radius 2 is 2.00 bits per heavy atom. The van der Waals surface area contributed by atoms with E-state index >= 15 is 0 Å². The molecule has 0 saturated carbocycles. The van der Waals surface area contributed by atoms with E-state index in [4.69, 9.17) is 5.73 Å². The smallest absolute Gasteiger partial charge is 0.135 e. The van der Waals surface area contributed by atoms with Crippen molar-refractivity contribution in [1.82, 2.24) is 9.97 Å². The molecule has 6 heteroatoms. The van der Waals surface area contributed by atoms with E-state index in [1.807, 2.05) is 6.92 Å². The first-order valence-electron chi connectivity index (χ1n) is 6.32. The maximum atomic E-state index is 13.5. The minimum absolute atomic E-state index is 0.201. The van der Waals surface area contributed by atoms with Crippen molar-refractivity contribution in [2.45, 2.75) is 26.8 Å². The molecule has 0 aliphatic carbocycles. The van der Waals surface area contributed by atoms with Gasteiger partial charge in [-0.05, 0) is 13.0 Å². The van der Waals surface area contributed by atoms with Gasteiger partial charge in [0.1, 0.15) is 29.1 Å². The Kier molecular flexibility index (Phi) is 4.12. The molecule has 0 aliphatic heterocycles. The molecule has 0 spiro atoms. The fourth-order valence-electron chi connectivity index (χ4n) is 1.76. The first kappa shape index (κ1) is 14.2. The monoisotopic (exact) mass is 278 g/mol. The topological polar surface area (TPSA) is 63.8 Å². The number of aromatic nitrogens is 2. The lowest BCUT2D eigenvalue weighted by molar-refractivity contribution is 0.574. The van der Waals surface area contributed by atoms with Crippen LogP contribution in [0.2, 0.25) is 0 Å². The fourth-order valence-corrected chi connectivity index (χ4v) is 1.76. The minimum atomic E-state index is -0.595. The van der Waals surface area contributed by atoms with Gasteiger partial charge < -0.3 is 11.1 Å². The van der Waals surface area contributed by atoms with Gasteiger partial charge >= 0.3 is 0 Å². The van der Waals surface area contributed by atoms with Crippen LogP contribution in [0.1, 0.15) is 23.9 Å². The first-order chi connectivity index (χ1) is 9.51. The summed E-state index contributed by atoms with van der Waals surface area (Å²) in [7, 11) is 0. The highest BCUT2D eigenvalue weighted by atomic mass is 19.1. The number of hydrogen-bond acceptors (Lipinski definition) is 4. The zero-order chi connectivity index (χ0) is 14.7. The number of nitrogen functional groups attached to an aromatic ring is 1. The molecule has 0 amide bonds. The van der Waals surface area contributed by atoms with Gasteiger partial charge in [0.15, 0.2) is 0 Å². The van der Waals surface area contributed by atoms with Crippen molar-refractivity contribution >= 4 is 11.6 Å². The standard InChI is InChI=1S/C14H16F2N4/c1-3-12-19-13(17)8(2)14(20-12)18-7-9-4-5-10(15)6-11(9)16/h4-6H,3,7H2,1-2H3,(H3,17,18,19,20). The van der Waals surface area contributed by atoms with Gasteiger partial charge in [0.05, 0.1) is 0 Å². The molecule has 0 atom stereocenters. The number of halogens is 2. The van der Waals surface area contributed by atoms with Crippen LogP contribution in [0.5, 0.6) is 0 Å². The molecule has 3 N–H and O–H groups in total. The van der Waals surface area contributed by atoms with Crippen LogP contribution in [0, 0.1) is 18.6 Å². The summed E-state index contributed by atoms with van der Waals surface area (Å²) < 4.78 is 26.4. The molecule has 0 unspecified atom stereocenters. The number of nitrogens with two attached hydrogens (primary N) is 1. The molecule has 1 aromatic carbocycles. The van der Waals surface area contributed by atoms with Gasteiger partial charge in [-0.3, -0.25) is 0 Å². The van der Waals surface area contributed by atoms with Crippen molar-refractivity contribution < 1.29 is 8.78 Å². The predicted octanol–water partition coefficient (Wildman–Crippen LogP) is 2.82. The van der Waals surface area contributed by atoms with Crippen LogP contribution in [-0.4, -0.2) is 9.97 Å². The summed E-state index contributed by atoms with van der Waals surface area (Å²) in [6.45, 7) is 3.91. The summed E-state index contributed by atoms with van der Waals surface area (Å²) in [5, 5.41) is 3.01. The lowest BCUT2D eigenvalue weighted by atomic mass is 10.2. The molecule has 0 bridgehead atoms. The largest absolute Gasteiger partial charge is 0.383 e. The molecule has 0 fully saturated rings. The van der Waals surface area contributed by atoms with Crippen LogP contribution in [0.4, 0.5) is 20.4 Å². The van der Waals surface area contributed by atoms with Gasteiger partial charge in [-0.15, -0.1) is 0 Å². The normalized spacial score (nSPS) is 10.6. The Labute approximate surface area is 116 Å². The number of benzene rings is 1. The Bertz CT molecular complexity index is 629. The lowest BCUT2D eigenvalue weighted by Gasteiger charge is -2.12. The predicted molar refractivity (Wildman–Crippen MR) is 74.2 cm³/mol. The Morgan fingerprint density at radius 1 is 1.25 bits per heavy atom. The van der Waals surface area contributed by atoms with Crippen molar-refractivity contribution in [3.05, 3.63) is 46.8 Å². The second kappa shape index (κ2) is 5.81. The van der Waals surface area contributed by atoms with E-state index in [2.05, 4.69) is 15.3 Å². The van der Waals surface area contributed by atoms with E-state index in [9.17, 15) is 8.78 Å². The number of rotatable bonds is 4. The Hall–Kier alpha value is -2.24. The number of hydrogen-bond donors (Lipinski definition) is 2. The third-order valence-corrected chi connectivity index (χ3v) is 3.01. The fraction of sp³-hybridized carbons (Fsp3) is 0.286. The Morgan fingerprint density at radius 3 is 2.65 bits per heavy atom. The van der Waals surface area contributed by atoms with Crippen LogP contribution in [0.15, 0.2) is 18.2 Å². The molecular formula is C14H16F2N4. The molecule has 0 saturated heterocycles. The van der Waals surface area contributed by atoms with Gasteiger partial charge in [-0.2, -0.15) is 0 Å². The second-order valence-electron chi connectivity index (χ2n) is 4.44. The molecule has 1 heterocycles. The summed E-state index contributed by atoms with van der Waals surface area (Å²) in [6, 6.07) is 3.48. The molecule has 2 aromatic rings. The molecule has 106 valence electrons. The van der Waals surface area contributed by atoms with Crippen molar-refractivity contribution in [2.24, 2.45) is 0 Å². The molecule has 0 aliphatic rings. The molecule has 20 heavy (non-hydrogen) atoms. The van der Waals surface area contributed by atoms with Crippen LogP contribution < -0.4 is 11.1 Å². The van der Waals surface area contributed by atoms with E-state index in [1.54, 1.807) is 6.92 Å². The number of anilines is 2. The zero-order valence-corrected chi connectivity index (χ0v) is 11.4. The number of aryl methyl sites for hydroxylation is 1. The highest BCUT2D eigenvalue weighted by molar-refractivity contribution is 5.55. The molecule has 4 nitrogen and oxygen atoms in total. The maximum absolute atomic E-state index is 13.5. The molecule has 2 rings (SSSR count). The van der Waals surface area contributed by atoms with Crippen LogP contribution in [0.25, 0.3) is 0 Å². The SMILES string of the molecule is CCc1nc(N)c(C)c(NCc2ccc(F)cc2F)n1. The third kappa shape index (κ3) is 3.01. The quantitative estimate of drug-likeness (QED) is 0.902. The minimum Gasteiger partial charge on any atom is -0.383 e. The van der Waals surface area contributed by atoms with E-state index in [-0.39, 0.29) is 6.54 Å². The van der Waals surface area contributed by atoms with E-state index in [1.165, 1.54) is 12.1 Å². The van der Waals surface area contributed by atoms with Crippen molar-refractivity contribution in [1.29, 1.82) is 0 Å². The molecular weight excluding hydrogens is 262 g/mol. The summed E-state index contributed by atoms with van der Waals surface area (Å²) in [5.41, 5.74) is 6.88. The molecule has 1 aromatic heterocycles. The van der Waals surface area contributed by atoms with Crippen LogP contribution >= 0.6 is 0 Å². The summed E-state index contributed by atoms with van der Waals surface area (Å²) in [4.78, 5) is 8.45. The molecule has 0 radical (unpaired) electrons. The Balaban J connectivity index is 2.20. The zero-order valence-electron chi connectivity index (χ0n) is 11.4. The van der Waals surface area contributed by atoms with E-state index in [0.717, 1.165) is 6.07 Å². The average Bonchev–Trinajstić information content (AvgIpc) is 2.41. The van der Waals surface area contributed by atoms with Crippen LogP contribution in [0.3, 0.4) is 0 Å². The van der Waals surface area contributed by atoms with E-state index < -0.39 is 11.6 Å². The van der Waals surface area contributed by atoms with Gasteiger partial charge in [0.25, 0.3) is 0 Å². The van der Waals surface area contributed by atoms with Crippen molar-refractivity contribution in [3.8, 4) is 0 Å². The summed E-state index contributed by atoms with van der Waals surface area (Å²) in [5.74, 6) is 0.405. The summed E-state index contributed by atoms with van der Waals surface area (Å²) >= 11 is 0. The van der Waals surface area contributed by atoms with Crippen LogP contribution in [-0.2, 0) is 13.0 Å². The van der Waals surface area contributed by atoms with Gasteiger partial charge in [-0.25, -0.2) is 18.7 Å². The van der Waals surface area contributed by atoms with Crippen molar-refractivity contribution in [3.63, 3.8) is 0 Å². The highest BCUT2D eigenvalue weighted by Crippen LogP contribution is 2.19. The van der Waals surface area contributed by atoms with Gasteiger partial charge in [0, 0.05) is 30.2 Å². The van der Waals surface area contributed by atoms with Crippen molar-refractivity contribution in [2.75, 3.05) is 11.1 Å². The van der Waals surface area contributed by atoms with Gasteiger partial charge in [0.2, 0.25) is 0 Å². The maximum Gasteiger partial charge on any atom is 0.135 e. The summed E-state index contributed by atoms with van der Waals surface area (Å²) in [6.07, 6.45) is 0.657. The third-order valence-electron chi connectivity index (χ3n) is 3.01. The average molecular weight is 278 g/mol. The second-order valence-corrected chi connectivity index (χ2v) is 4.44.